The number of anilines is 1. The molecule has 0 saturated carbocycles. The second-order valence-corrected chi connectivity index (χ2v) is 8.50. The molecule has 33 heavy (non-hydrogen) atoms. The average Bonchev–Trinajstić information content (AvgIpc) is 3.40. The molecule has 0 bridgehead atoms. The topological polar surface area (TPSA) is 59.2 Å². The van der Waals surface area contributed by atoms with E-state index < -0.39 is 0 Å². The maximum absolute atomic E-state index is 12.5. The molecule has 0 unspecified atom stereocenters. The SMILES string of the molecule is COc1ccc(N2C(=O)CSC2=NN=Cc2cn(Cc3ccccc3)c3ccccc23)cc1. The standard InChI is InChI=1S/C26H22N4O2S/c1-32-22-13-11-21(12-14-22)30-25(31)18-33-26(30)28-27-15-20-17-29(16-19-7-3-2-4-8-19)24-10-6-5-9-23(20)24/h2-15,17H,16,18H2,1H3. The number of ether oxygens (including phenoxy) is 1. The van der Waals surface area contributed by atoms with Crippen molar-refractivity contribution in [2.24, 2.45) is 10.2 Å². The van der Waals surface area contributed by atoms with Crippen molar-refractivity contribution >= 4 is 45.6 Å². The monoisotopic (exact) mass is 454 g/mol. The van der Waals surface area contributed by atoms with Crippen LogP contribution < -0.4 is 9.64 Å². The molecule has 7 heteroatoms. The number of hydrogen-bond donors (Lipinski definition) is 0. The first-order valence-electron chi connectivity index (χ1n) is 10.6. The van der Waals surface area contributed by atoms with Gasteiger partial charge in [-0.05, 0) is 35.9 Å². The van der Waals surface area contributed by atoms with Gasteiger partial charge >= 0.3 is 0 Å². The van der Waals surface area contributed by atoms with Gasteiger partial charge in [-0.2, -0.15) is 5.10 Å². The Morgan fingerprint density at radius 3 is 2.55 bits per heavy atom. The third kappa shape index (κ3) is 4.40. The van der Waals surface area contributed by atoms with E-state index in [2.05, 4.69) is 57.4 Å². The molecule has 2 heterocycles. The molecule has 4 aromatic rings. The molecule has 6 nitrogen and oxygen atoms in total. The Kier molecular flexibility index (Phi) is 5.95. The molecule has 164 valence electrons. The summed E-state index contributed by atoms with van der Waals surface area (Å²) in [5, 5.41) is 10.4. The molecule has 5 rings (SSSR count). The number of nitrogens with zero attached hydrogens (tertiary/aromatic N) is 4. The lowest BCUT2D eigenvalue weighted by Gasteiger charge is -2.15. The maximum Gasteiger partial charge on any atom is 0.243 e. The number of benzene rings is 3. The molecule has 1 aromatic heterocycles. The van der Waals surface area contributed by atoms with Gasteiger partial charge in [-0.15, -0.1) is 5.10 Å². The minimum absolute atomic E-state index is 0.0152. The molecule has 0 atom stereocenters. The third-order valence-electron chi connectivity index (χ3n) is 5.45. The molecular weight excluding hydrogens is 432 g/mol. The zero-order valence-electron chi connectivity index (χ0n) is 18.1. The molecule has 0 N–H and O–H groups in total. The molecule has 1 amide bonds. The molecule has 0 spiro atoms. The highest BCUT2D eigenvalue weighted by atomic mass is 32.2. The van der Waals surface area contributed by atoms with Crippen LogP contribution in [0.4, 0.5) is 5.69 Å². The van der Waals surface area contributed by atoms with Gasteiger partial charge in [0.15, 0.2) is 5.17 Å². The van der Waals surface area contributed by atoms with E-state index in [-0.39, 0.29) is 5.91 Å². The van der Waals surface area contributed by atoms with Gasteiger partial charge in [0.2, 0.25) is 5.91 Å². The third-order valence-corrected chi connectivity index (χ3v) is 6.37. The van der Waals surface area contributed by atoms with E-state index >= 15 is 0 Å². The van der Waals surface area contributed by atoms with E-state index in [1.165, 1.54) is 17.3 Å². The first-order valence-corrected chi connectivity index (χ1v) is 11.5. The number of para-hydroxylation sites is 1. The van der Waals surface area contributed by atoms with Crippen molar-refractivity contribution in [2.45, 2.75) is 6.54 Å². The summed E-state index contributed by atoms with van der Waals surface area (Å²) in [5.74, 6) is 1.07. The van der Waals surface area contributed by atoms with Crippen molar-refractivity contribution in [2.75, 3.05) is 17.8 Å². The van der Waals surface area contributed by atoms with Gasteiger partial charge in [-0.3, -0.25) is 9.69 Å². The predicted molar refractivity (Wildman–Crippen MR) is 135 cm³/mol. The van der Waals surface area contributed by atoms with Gasteiger partial charge < -0.3 is 9.30 Å². The Bertz CT molecular complexity index is 1340. The van der Waals surface area contributed by atoms with Crippen molar-refractivity contribution in [3.63, 3.8) is 0 Å². The van der Waals surface area contributed by atoms with Gasteiger partial charge in [-0.25, -0.2) is 0 Å². The van der Waals surface area contributed by atoms with Crippen LogP contribution in [0.15, 0.2) is 95.3 Å². The van der Waals surface area contributed by atoms with Gasteiger partial charge in [-0.1, -0.05) is 60.3 Å². The number of aromatic nitrogens is 1. The summed E-state index contributed by atoms with van der Waals surface area (Å²) in [4.78, 5) is 14.1. The first kappa shape index (κ1) is 21.0. The number of rotatable bonds is 6. The summed E-state index contributed by atoms with van der Waals surface area (Å²) < 4.78 is 7.43. The number of fused-ring (bicyclic) bond motifs is 1. The number of amides is 1. The van der Waals surface area contributed by atoms with Gasteiger partial charge in [0, 0.05) is 29.2 Å². The highest BCUT2D eigenvalue weighted by molar-refractivity contribution is 8.15. The lowest BCUT2D eigenvalue weighted by Crippen LogP contribution is -2.28. The van der Waals surface area contributed by atoms with E-state index in [1.54, 1.807) is 18.2 Å². The quantitative estimate of drug-likeness (QED) is 0.298. The van der Waals surface area contributed by atoms with Gasteiger partial charge in [0.05, 0.1) is 24.8 Å². The Hall–Kier alpha value is -3.84. The van der Waals surface area contributed by atoms with Crippen molar-refractivity contribution in [1.29, 1.82) is 0 Å². The highest BCUT2D eigenvalue weighted by Crippen LogP contribution is 2.28. The van der Waals surface area contributed by atoms with Crippen LogP contribution in [0.3, 0.4) is 0 Å². The summed E-state index contributed by atoms with van der Waals surface area (Å²) >= 11 is 1.39. The van der Waals surface area contributed by atoms with Crippen LogP contribution in [0.1, 0.15) is 11.1 Å². The minimum Gasteiger partial charge on any atom is -0.497 e. The van der Waals surface area contributed by atoms with Crippen molar-refractivity contribution in [1.82, 2.24) is 4.57 Å². The number of thioether (sulfide) groups is 1. The summed E-state index contributed by atoms with van der Waals surface area (Å²) in [5.41, 5.74) is 4.11. The largest absolute Gasteiger partial charge is 0.497 e. The van der Waals surface area contributed by atoms with Crippen LogP contribution in [0.5, 0.6) is 5.75 Å². The van der Waals surface area contributed by atoms with E-state index in [9.17, 15) is 4.79 Å². The predicted octanol–water partition coefficient (Wildman–Crippen LogP) is 5.17. The molecule has 1 aliphatic rings. The highest BCUT2D eigenvalue weighted by Gasteiger charge is 2.29. The molecule has 0 radical (unpaired) electrons. The van der Waals surface area contributed by atoms with E-state index in [4.69, 9.17) is 4.74 Å². The van der Waals surface area contributed by atoms with Gasteiger partial charge in [0.1, 0.15) is 5.75 Å². The molecule has 1 fully saturated rings. The lowest BCUT2D eigenvalue weighted by molar-refractivity contribution is -0.115. The molecule has 0 aliphatic carbocycles. The fraction of sp³-hybridized carbons (Fsp3) is 0.115. The molecular formula is C26H22N4O2S. The normalized spacial score (nSPS) is 15.2. The fourth-order valence-electron chi connectivity index (χ4n) is 3.85. The van der Waals surface area contributed by atoms with Gasteiger partial charge in [0.25, 0.3) is 0 Å². The second-order valence-electron chi connectivity index (χ2n) is 7.56. The smallest absolute Gasteiger partial charge is 0.243 e. The number of carbonyl (C=O) groups is 1. The van der Waals surface area contributed by atoms with E-state index in [0.29, 0.717) is 10.9 Å². The van der Waals surface area contributed by atoms with Crippen LogP contribution in [0, 0.1) is 0 Å². The zero-order valence-corrected chi connectivity index (χ0v) is 18.9. The Morgan fingerprint density at radius 1 is 1.00 bits per heavy atom. The minimum atomic E-state index is -0.0152. The zero-order chi connectivity index (χ0) is 22.6. The maximum atomic E-state index is 12.5. The number of hydrogen-bond acceptors (Lipinski definition) is 5. The molecule has 1 aliphatic heterocycles. The van der Waals surface area contributed by atoms with Crippen molar-refractivity contribution < 1.29 is 9.53 Å². The van der Waals surface area contributed by atoms with E-state index in [1.807, 2.05) is 42.5 Å². The van der Waals surface area contributed by atoms with Crippen LogP contribution in [0.2, 0.25) is 0 Å². The number of carbonyl (C=O) groups excluding carboxylic acids is 1. The number of methoxy groups -OCH3 is 1. The summed E-state index contributed by atoms with van der Waals surface area (Å²) in [6.45, 7) is 0.777. The van der Waals surface area contributed by atoms with Crippen LogP contribution in [-0.4, -0.2) is 34.7 Å². The number of amidine groups is 1. The first-order chi connectivity index (χ1) is 16.2. The fourth-order valence-corrected chi connectivity index (χ4v) is 4.67. The van der Waals surface area contributed by atoms with Crippen LogP contribution in [0.25, 0.3) is 10.9 Å². The average molecular weight is 455 g/mol. The Labute approximate surface area is 196 Å². The van der Waals surface area contributed by atoms with Crippen LogP contribution in [-0.2, 0) is 11.3 Å². The Morgan fingerprint density at radius 2 is 1.76 bits per heavy atom. The van der Waals surface area contributed by atoms with Crippen molar-refractivity contribution in [3.8, 4) is 5.75 Å². The lowest BCUT2D eigenvalue weighted by atomic mass is 10.2. The molecule has 3 aromatic carbocycles. The van der Waals surface area contributed by atoms with Crippen molar-refractivity contribution in [3.05, 3.63) is 96.2 Å². The Balaban J connectivity index is 1.42. The second kappa shape index (κ2) is 9.34. The molecule has 1 saturated heterocycles. The summed E-state index contributed by atoms with van der Waals surface area (Å²) in [6.07, 6.45) is 3.85. The van der Waals surface area contributed by atoms with Crippen LogP contribution >= 0.6 is 11.8 Å². The summed E-state index contributed by atoms with van der Waals surface area (Å²) in [6, 6.07) is 26.0. The summed E-state index contributed by atoms with van der Waals surface area (Å²) in [7, 11) is 1.62. The van der Waals surface area contributed by atoms with E-state index in [0.717, 1.165) is 34.4 Å².